The molecule has 1 aliphatic rings. The van der Waals surface area contributed by atoms with Crippen molar-refractivity contribution in [3.8, 4) is 5.75 Å². The lowest BCUT2D eigenvalue weighted by Gasteiger charge is -2.26. The van der Waals surface area contributed by atoms with Crippen LogP contribution in [-0.2, 0) is 0 Å². The summed E-state index contributed by atoms with van der Waals surface area (Å²) in [7, 11) is 1.56. The highest BCUT2D eigenvalue weighted by molar-refractivity contribution is 7.99. The zero-order chi connectivity index (χ0) is 15.5. The molecule has 0 saturated carbocycles. The van der Waals surface area contributed by atoms with Crippen LogP contribution in [0.4, 0.5) is 4.39 Å². The molecule has 3 rings (SSSR count). The quantitative estimate of drug-likeness (QED) is 0.936. The van der Waals surface area contributed by atoms with Gasteiger partial charge in [-0.15, -0.1) is 11.8 Å². The number of benzene rings is 2. The Morgan fingerprint density at radius 3 is 3.00 bits per heavy atom. The molecule has 0 fully saturated rings. The van der Waals surface area contributed by atoms with Crippen molar-refractivity contribution in [2.24, 2.45) is 0 Å². The fraction of sp³-hybridized carbons (Fsp3) is 0.235. The molecule has 0 aliphatic carbocycles. The Kier molecular flexibility index (Phi) is 4.34. The van der Waals surface area contributed by atoms with E-state index in [0.717, 1.165) is 22.6 Å². The van der Waals surface area contributed by atoms with Gasteiger partial charge in [-0.25, -0.2) is 4.39 Å². The van der Waals surface area contributed by atoms with Crippen LogP contribution in [-0.4, -0.2) is 18.8 Å². The van der Waals surface area contributed by atoms with Crippen LogP contribution in [0, 0.1) is 5.82 Å². The largest absolute Gasteiger partial charge is 0.497 e. The molecule has 22 heavy (non-hydrogen) atoms. The summed E-state index contributed by atoms with van der Waals surface area (Å²) in [6.45, 7) is 0. The predicted molar refractivity (Wildman–Crippen MR) is 84.9 cm³/mol. The summed E-state index contributed by atoms with van der Waals surface area (Å²) in [6, 6.07) is 11.6. The maximum atomic E-state index is 13.5. The van der Waals surface area contributed by atoms with Gasteiger partial charge in [-0.3, -0.25) is 4.79 Å². The van der Waals surface area contributed by atoms with Crippen LogP contribution in [0.3, 0.4) is 0 Å². The molecule has 0 aromatic heterocycles. The van der Waals surface area contributed by atoms with Gasteiger partial charge in [-0.2, -0.15) is 0 Å². The smallest absolute Gasteiger partial charge is 0.251 e. The number of halogens is 1. The number of hydrogen-bond donors (Lipinski definition) is 1. The van der Waals surface area contributed by atoms with Gasteiger partial charge in [0.15, 0.2) is 0 Å². The Bertz CT molecular complexity index is 705. The topological polar surface area (TPSA) is 38.3 Å². The lowest BCUT2D eigenvalue weighted by molar-refractivity contribution is 0.0934. The molecule has 1 heterocycles. The average Bonchev–Trinajstić information content (AvgIpc) is 2.55. The molecule has 0 bridgehead atoms. The minimum Gasteiger partial charge on any atom is -0.497 e. The van der Waals surface area contributed by atoms with Crippen LogP contribution in [0.5, 0.6) is 5.75 Å². The van der Waals surface area contributed by atoms with Crippen molar-refractivity contribution in [2.45, 2.75) is 17.4 Å². The van der Waals surface area contributed by atoms with Gasteiger partial charge in [0.1, 0.15) is 11.6 Å². The van der Waals surface area contributed by atoms with Gasteiger partial charge in [0, 0.05) is 16.2 Å². The lowest BCUT2D eigenvalue weighted by atomic mass is 10.0. The number of methoxy groups -OCH3 is 1. The molecule has 3 nitrogen and oxygen atoms in total. The lowest BCUT2D eigenvalue weighted by Crippen LogP contribution is -2.30. The first kappa shape index (κ1) is 14.9. The fourth-order valence-electron chi connectivity index (χ4n) is 2.52. The highest BCUT2D eigenvalue weighted by Gasteiger charge is 2.23. The maximum Gasteiger partial charge on any atom is 0.251 e. The number of fused-ring (bicyclic) bond motifs is 1. The number of nitrogens with one attached hydrogen (secondary N) is 1. The molecule has 0 radical (unpaired) electrons. The Hall–Kier alpha value is -2.01. The minimum absolute atomic E-state index is 0.161. The Balaban J connectivity index is 1.82. The highest BCUT2D eigenvalue weighted by Crippen LogP contribution is 2.36. The molecular weight excluding hydrogens is 301 g/mol. The van der Waals surface area contributed by atoms with Crippen LogP contribution in [0.1, 0.15) is 28.4 Å². The second-order valence-corrected chi connectivity index (χ2v) is 6.21. The van der Waals surface area contributed by atoms with E-state index < -0.39 is 0 Å². The number of ether oxygens (including phenoxy) is 1. The van der Waals surface area contributed by atoms with Gasteiger partial charge < -0.3 is 10.1 Å². The van der Waals surface area contributed by atoms with Crippen molar-refractivity contribution < 1.29 is 13.9 Å². The molecule has 1 amide bonds. The van der Waals surface area contributed by atoms with E-state index in [-0.39, 0.29) is 17.8 Å². The summed E-state index contributed by atoms with van der Waals surface area (Å²) in [5.74, 6) is 1.09. The minimum atomic E-state index is -0.276. The van der Waals surface area contributed by atoms with Crippen molar-refractivity contribution >= 4 is 17.7 Å². The van der Waals surface area contributed by atoms with Gasteiger partial charge in [-0.1, -0.05) is 6.07 Å². The molecule has 2 aromatic rings. The maximum absolute atomic E-state index is 13.5. The molecule has 5 heteroatoms. The van der Waals surface area contributed by atoms with Crippen LogP contribution < -0.4 is 10.1 Å². The van der Waals surface area contributed by atoms with Crippen molar-refractivity contribution in [2.75, 3.05) is 12.9 Å². The molecule has 0 unspecified atom stereocenters. The summed E-state index contributed by atoms with van der Waals surface area (Å²) in [6.07, 6.45) is 0.789. The van der Waals surface area contributed by atoms with Crippen molar-refractivity contribution in [3.63, 3.8) is 0 Å². The summed E-state index contributed by atoms with van der Waals surface area (Å²) in [4.78, 5) is 13.4. The van der Waals surface area contributed by atoms with E-state index in [1.54, 1.807) is 49.2 Å². The normalized spacial score (nSPS) is 16.7. The van der Waals surface area contributed by atoms with Gasteiger partial charge >= 0.3 is 0 Å². The standard InChI is InChI=1S/C17H16FNO2S/c1-21-13-4-2-3-11(9-13)17(20)19-15-7-8-22-16-6-5-12(18)10-14(15)16/h2-6,9-10,15H,7-8H2,1H3,(H,19,20)/t15-/m1/s1. The van der Waals surface area contributed by atoms with E-state index in [9.17, 15) is 9.18 Å². The molecule has 114 valence electrons. The Morgan fingerprint density at radius 1 is 1.32 bits per heavy atom. The third-order valence-electron chi connectivity index (χ3n) is 3.65. The van der Waals surface area contributed by atoms with E-state index in [4.69, 9.17) is 4.74 Å². The van der Waals surface area contributed by atoms with Crippen molar-refractivity contribution in [1.29, 1.82) is 0 Å². The molecule has 1 atom stereocenters. The third kappa shape index (κ3) is 3.09. The number of carbonyl (C=O) groups is 1. The first-order valence-corrected chi connectivity index (χ1v) is 8.03. The molecule has 0 saturated heterocycles. The fourth-order valence-corrected chi connectivity index (χ4v) is 3.63. The SMILES string of the molecule is COc1cccc(C(=O)N[C@@H]2CCSc3ccc(F)cc32)c1. The van der Waals surface area contributed by atoms with E-state index in [2.05, 4.69) is 5.32 Å². The zero-order valence-corrected chi connectivity index (χ0v) is 13.0. The number of hydrogen-bond acceptors (Lipinski definition) is 3. The summed E-state index contributed by atoms with van der Waals surface area (Å²) < 4.78 is 18.6. The molecule has 1 N–H and O–H groups in total. The average molecular weight is 317 g/mol. The third-order valence-corrected chi connectivity index (χ3v) is 4.77. The van der Waals surface area contributed by atoms with Crippen molar-refractivity contribution in [3.05, 3.63) is 59.4 Å². The second-order valence-electron chi connectivity index (χ2n) is 5.08. The number of amides is 1. The van der Waals surface area contributed by atoms with Crippen LogP contribution in [0.15, 0.2) is 47.4 Å². The van der Waals surface area contributed by atoms with Crippen LogP contribution >= 0.6 is 11.8 Å². The van der Waals surface area contributed by atoms with Gasteiger partial charge in [-0.05, 0) is 48.4 Å². The summed E-state index contributed by atoms with van der Waals surface area (Å²) >= 11 is 1.69. The van der Waals surface area contributed by atoms with Gasteiger partial charge in [0.2, 0.25) is 0 Å². The Labute approximate surface area is 132 Å². The molecular formula is C17H16FNO2S. The first-order chi connectivity index (χ1) is 10.7. The highest BCUT2D eigenvalue weighted by atomic mass is 32.2. The molecule has 1 aliphatic heterocycles. The summed E-state index contributed by atoms with van der Waals surface area (Å²) in [5, 5.41) is 3.00. The number of rotatable bonds is 3. The summed E-state index contributed by atoms with van der Waals surface area (Å²) in [5.41, 5.74) is 1.39. The first-order valence-electron chi connectivity index (χ1n) is 7.04. The monoisotopic (exact) mass is 317 g/mol. The molecule has 0 spiro atoms. The van der Waals surface area contributed by atoms with E-state index in [1.165, 1.54) is 12.1 Å². The van der Waals surface area contributed by atoms with Gasteiger partial charge in [0.25, 0.3) is 5.91 Å². The number of thioether (sulfide) groups is 1. The number of carbonyl (C=O) groups excluding carboxylic acids is 1. The van der Waals surface area contributed by atoms with E-state index >= 15 is 0 Å². The van der Waals surface area contributed by atoms with Crippen molar-refractivity contribution in [1.82, 2.24) is 5.32 Å². The van der Waals surface area contributed by atoms with E-state index in [0.29, 0.717) is 11.3 Å². The van der Waals surface area contributed by atoms with Gasteiger partial charge in [0.05, 0.1) is 13.2 Å². The predicted octanol–water partition coefficient (Wildman–Crippen LogP) is 3.80. The van der Waals surface area contributed by atoms with Crippen LogP contribution in [0.25, 0.3) is 0 Å². The van der Waals surface area contributed by atoms with Crippen LogP contribution in [0.2, 0.25) is 0 Å². The van der Waals surface area contributed by atoms with E-state index in [1.807, 2.05) is 0 Å². The Morgan fingerprint density at radius 2 is 2.18 bits per heavy atom. The zero-order valence-electron chi connectivity index (χ0n) is 12.1. The second kappa shape index (κ2) is 6.40. The molecule has 2 aromatic carbocycles.